The van der Waals surface area contributed by atoms with Gasteiger partial charge in [0.05, 0.1) is 16.1 Å². The van der Waals surface area contributed by atoms with Crippen molar-refractivity contribution in [1.82, 2.24) is 4.98 Å². The van der Waals surface area contributed by atoms with Crippen LogP contribution >= 0.6 is 15.9 Å². The number of hydrogen-bond acceptors (Lipinski definition) is 4. The summed E-state index contributed by atoms with van der Waals surface area (Å²) in [7, 11) is 0. The highest BCUT2D eigenvalue weighted by atomic mass is 79.9. The van der Waals surface area contributed by atoms with Gasteiger partial charge in [-0.15, -0.1) is 0 Å². The molecule has 3 aromatic rings. The van der Waals surface area contributed by atoms with Crippen LogP contribution in [0.4, 0.5) is 11.4 Å². The zero-order chi connectivity index (χ0) is 16.4. The van der Waals surface area contributed by atoms with E-state index >= 15 is 0 Å². The zero-order valence-corrected chi connectivity index (χ0v) is 13.3. The van der Waals surface area contributed by atoms with E-state index in [0.29, 0.717) is 11.2 Å². The van der Waals surface area contributed by atoms with Crippen LogP contribution in [0.2, 0.25) is 0 Å². The summed E-state index contributed by atoms with van der Waals surface area (Å²) >= 11 is 3.44. The fourth-order valence-corrected chi connectivity index (χ4v) is 2.65. The van der Waals surface area contributed by atoms with Gasteiger partial charge in [-0.1, -0.05) is 28.1 Å². The highest BCUT2D eigenvalue weighted by molar-refractivity contribution is 9.10. The van der Waals surface area contributed by atoms with Crippen molar-refractivity contribution in [2.24, 2.45) is 0 Å². The number of pyridine rings is 1. The van der Waals surface area contributed by atoms with Gasteiger partial charge in [0, 0.05) is 33.8 Å². The van der Waals surface area contributed by atoms with Gasteiger partial charge in [-0.2, -0.15) is 0 Å². The van der Waals surface area contributed by atoms with Gasteiger partial charge >= 0.3 is 0 Å². The number of aromatic nitrogens is 1. The maximum absolute atomic E-state index is 12.3. The summed E-state index contributed by atoms with van der Waals surface area (Å²) in [6.07, 6.45) is 1.64. The van der Waals surface area contributed by atoms with Crippen molar-refractivity contribution in [3.63, 3.8) is 0 Å². The number of rotatable bonds is 3. The zero-order valence-electron chi connectivity index (χ0n) is 11.7. The van der Waals surface area contributed by atoms with E-state index in [4.69, 9.17) is 0 Å². The Morgan fingerprint density at radius 1 is 1.17 bits per heavy atom. The van der Waals surface area contributed by atoms with Crippen molar-refractivity contribution in [2.45, 2.75) is 0 Å². The number of nitrogens with one attached hydrogen (secondary N) is 1. The van der Waals surface area contributed by atoms with E-state index in [9.17, 15) is 14.9 Å². The lowest BCUT2D eigenvalue weighted by Gasteiger charge is -2.09. The summed E-state index contributed by atoms with van der Waals surface area (Å²) in [5.41, 5.74) is 1.27. The van der Waals surface area contributed by atoms with Crippen LogP contribution < -0.4 is 5.32 Å². The van der Waals surface area contributed by atoms with Crippen LogP contribution in [0.1, 0.15) is 10.4 Å². The minimum absolute atomic E-state index is 0.128. The van der Waals surface area contributed by atoms with Gasteiger partial charge in [0.2, 0.25) is 0 Å². The molecule has 0 atom stereocenters. The molecule has 0 bridgehead atoms. The fourth-order valence-electron chi connectivity index (χ4n) is 2.19. The molecule has 114 valence electrons. The van der Waals surface area contributed by atoms with Crippen molar-refractivity contribution in [2.75, 3.05) is 5.32 Å². The number of non-ortho nitro benzene ring substituents is 1. The molecule has 0 saturated carbocycles. The lowest BCUT2D eigenvalue weighted by atomic mass is 10.1. The first-order chi connectivity index (χ1) is 11.1. The number of nitrogens with zero attached hydrogens (tertiary/aromatic N) is 2. The number of hydrogen-bond donors (Lipinski definition) is 1. The molecular formula is C16H10BrN3O3. The van der Waals surface area contributed by atoms with E-state index in [-0.39, 0.29) is 11.3 Å². The highest BCUT2D eigenvalue weighted by Crippen LogP contribution is 2.28. The molecule has 1 heterocycles. The molecule has 0 aliphatic heterocycles. The van der Waals surface area contributed by atoms with Crippen LogP contribution in [0.25, 0.3) is 10.9 Å². The SMILES string of the molecule is O=C(Nc1ccc(Br)c2cccnc12)c1cccc([N+](=O)[O-])c1. The average Bonchev–Trinajstić information content (AvgIpc) is 2.57. The lowest BCUT2D eigenvalue weighted by Crippen LogP contribution is -2.12. The van der Waals surface area contributed by atoms with Crippen molar-refractivity contribution in [1.29, 1.82) is 0 Å². The number of carbonyl (C=O) groups is 1. The number of fused-ring (bicyclic) bond motifs is 1. The van der Waals surface area contributed by atoms with E-state index in [1.165, 1.54) is 24.3 Å². The van der Waals surface area contributed by atoms with Crippen LogP contribution in [0.5, 0.6) is 0 Å². The molecule has 2 aromatic carbocycles. The van der Waals surface area contributed by atoms with Crippen molar-refractivity contribution in [3.05, 3.63) is 74.9 Å². The first-order valence-electron chi connectivity index (χ1n) is 6.65. The topological polar surface area (TPSA) is 85.1 Å². The third-order valence-corrected chi connectivity index (χ3v) is 3.98. The Bertz CT molecular complexity index is 927. The molecule has 0 radical (unpaired) electrons. The summed E-state index contributed by atoms with van der Waals surface area (Å²) in [6, 6.07) is 12.8. The van der Waals surface area contributed by atoms with Gasteiger partial charge in [0.1, 0.15) is 0 Å². The number of nitro groups is 1. The van der Waals surface area contributed by atoms with Crippen molar-refractivity contribution >= 4 is 44.1 Å². The molecule has 0 aliphatic rings. The van der Waals surface area contributed by atoms with Crippen LogP contribution in [0.3, 0.4) is 0 Å². The maximum atomic E-state index is 12.3. The Kier molecular flexibility index (Phi) is 4.03. The van der Waals surface area contributed by atoms with Gasteiger partial charge in [0.25, 0.3) is 11.6 Å². The summed E-state index contributed by atoms with van der Waals surface area (Å²) in [4.78, 5) is 26.9. The molecular weight excluding hydrogens is 362 g/mol. The number of carbonyl (C=O) groups excluding carboxylic acids is 1. The monoisotopic (exact) mass is 371 g/mol. The maximum Gasteiger partial charge on any atom is 0.270 e. The van der Waals surface area contributed by atoms with Crippen LogP contribution in [0, 0.1) is 10.1 Å². The van der Waals surface area contributed by atoms with Gasteiger partial charge in [-0.05, 0) is 24.3 Å². The predicted octanol–water partition coefficient (Wildman–Crippen LogP) is 4.16. The molecule has 0 saturated heterocycles. The third kappa shape index (κ3) is 3.04. The molecule has 0 aliphatic carbocycles. The number of halogens is 1. The predicted molar refractivity (Wildman–Crippen MR) is 90.5 cm³/mol. The number of amides is 1. The summed E-state index contributed by atoms with van der Waals surface area (Å²) < 4.78 is 0.869. The molecule has 6 nitrogen and oxygen atoms in total. The molecule has 0 fully saturated rings. The quantitative estimate of drug-likeness (QED) is 0.553. The van der Waals surface area contributed by atoms with E-state index in [2.05, 4.69) is 26.2 Å². The summed E-state index contributed by atoms with van der Waals surface area (Å²) in [5, 5.41) is 14.4. The minimum atomic E-state index is -0.534. The second kappa shape index (κ2) is 6.13. The van der Waals surface area contributed by atoms with E-state index in [1.807, 2.05) is 12.1 Å². The van der Waals surface area contributed by atoms with Crippen LogP contribution in [-0.4, -0.2) is 15.8 Å². The fraction of sp³-hybridized carbons (Fsp3) is 0. The van der Waals surface area contributed by atoms with Gasteiger partial charge in [-0.25, -0.2) is 0 Å². The first-order valence-corrected chi connectivity index (χ1v) is 7.44. The third-order valence-electron chi connectivity index (χ3n) is 3.28. The average molecular weight is 372 g/mol. The van der Waals surface area contributed by atoms with E-state index < -0.39 is 10.8 Å². The standard InChI is InChI=1S/C16H10BrN3O3/c17-13-6-7-14(15-12(13)5-2-8-18-15)19-16(21)10-3-1-4-11(9-10)20(22)23/h1-9H,(H,19,21). The van der Waals surface area contributed by atoms with Crippen LogP contribution in [0.15, 0.2) is 59.2 Å². The van der Waals surface area contributed by atoms with Crippen molar-refractivity contribution < 1.29 is 9.72 Å². The minimum Gasteiger partial charge on any atom is -0.320 e. The second-order valence-electron chi connectivity index (χ2n) is 4.76. The summed E-state index contributed by atoms with van der Waals surface area (Å²) in [6.45, 7) is 0. The first kappa shape index (κ1) is 15.1. The largest absolute Gasteiger partial charge is 0.320 e. The summed E-state index contributed by atoms with van der Waals surface area (Å²) in [5.74, 6) is -0.428. The lowest BCUT2D eigenvalue weighted by molar-refractivity contribution is -0.384. The number of benzene rings is 2. The molecule has 7 heteroatoms. The van der Waals surface area contributed by atoms with E-state index in [1.54, 1.807) is 18.3 Å². The Morgan fingerprint density at radius 3 is 2.78 bits per heavy atom. The van der Waals surface area contributed by atoms with Gasteiger partial charge < -0.3 is 5.32 Å². The second-order valence-corrected chi connectivity index (χ2v) is 5.61. The molecule has 0 spiro atoms. The molecule has 1 aromatic heterocycles. The molecule has 1 N–H and O–H groups in total. The van der Waals surface area contributed by atoms with Crippen LogP contribution in [-0.2, 0) is 0 Å². The Labute approximate surface area is 139 Å². The van der Waals surface area contributed by atoms with Crippen molar-refractivity contribution in [3.8, 4) is 0 Å². The van der Waals surface area contributed by atoms with Gasteiger partial charge in [0.15, 0.2) is 0 Å². The molecule has 1 amide bonds. The normalized spacial score (nSPS) is 10.5. The smallest absolute Gasteiger partial charge is 0.270 e. The highest BCUT2D eigenvalue weighted by Gasteiger charge is 2.13. The molecule has 0 unspecified atom stereocenters. The molecule has 3 rings (SSSR count). The number of anilines is 1. The van der Waals surface area contributed by atoms with E-state index in [0.717, 1.165) is 9.86 Å². The molecule has 23 heavy (non-hydrogen) atoms. The van der Waals surface area contributed by atoms with Gasteiger partial charge in [-0.3, -0.25) is 19.9 Å². The Hall–Kier alpha value is -2.80. The number of nitro benzene ring substituents is 1. The Morgan fingerprint density at radius 2 is 2.00 bits per heavy atom. The Balaban J connectivity index is 1.96.